The van der Waals surface area contributed by atoms with Gasteiger partial charge < -0.3 is 9.73 Å². The number of nitrogens with one attached hydrogen (secondary N) is 1. The van der Waals surface area contributed by atoms with Crippen molar-refractivity contribution >= 4 is 22.7 Å². The van der Waals surface area contributed by atoms with Gasteiger partial charge in [0, 0.05) is 29.2 Å². The van der Waals surface area contributed by atoms with Gasteiger partial charge in [0.25, 0.3) is 5.91 Å². The minimum absolute atomic E-state index is 0.174. The van der Waals surface area contributed by atoms with Gasteiger partial charge in [0.1, 0.15) is 5.52 Å². The van der Waals surface area contributed by atoms with E-state index in [0.717, 1.165) is 16.7 Å². The summed E-state index contributed by atoms with van der Waals surface area (Å²) in [7, 11) is 0. The summed E-state index contributed by atoms with van der Waals surface area (Å²) in [6.45, 7) is 0. The lowest BCUT2D eigenvalue weighted by atomic mass is 10.0. The van der Waals surface area contributed by atoms with E-state index >= 15 is 0 Å². The molecular formula is C25H17N3O2. The van der Waals surface area contributed by atoms with Crippen molar-refractivity contribution < 1.29 is 9.21 Å². The molecule has 0 aliphatic carbocycles. The van der Waals surface area contributed by atoms with Crippen molar-refractivity contribution in [1.29, 1.82) is 0 Å². The molecule has 0 radical (unpaired) electrons. The van der Waals surface area contributed by atoms with Gasteiger partial charge in [0.05, 0.1) is 0 Å². The standard InChI is InChI=1S/C25H17N3O2/c29-24(19-8-6-18(7-9-19)17-4-2-1-3-5-17)27-21-10-11-23-22(16-21)28-25(30-23)20-12-14-26-15-13-20/h1-16H,(H,27,29). The highest BCUT2D eigenvalue weighted by Gasteiger charge is 2.11. The molecule has 0 bridgehead atoms. The maximum atomic E-state index is 12.7. The lowest BCUT2D eigenvalue weighted by molar-refractivity contribution is 0.102. The first-order valence-corrected chi connectivity index (χ1v) is 9.54. The Kier molecular flexibility index (Phi) is 4.54. The zero-order valence-corrected chi connectivity index (χ0v) is 15.9. The zero-order valence-electron chi connectivity index (χ0n) is 15.9. The van der Waals surface area contributed by atoms with E-state index in [2.05, 4.69) is 15.3 Å². The van der Waals surface area contributed by atoms with Crippen LogP contribution in [0.4, 0.5) is 5.69 Å². The van der Waals surface area contributed by atoms with Crippen LogP contribution in [-0.4, -0.2) is 15.9 Å². The Morgan fingerprint density at radius 2 is 1.50 bits per heavy atom. The molecular weight excluding hydrogens is 374 g/mol. The van der Waals surface area contributed by atoms with Crippen molar-refractivity contribution in [2.45, 2.75) is 0 Å². The quantitative estimate of drug-likeness (QED) is 0.420. The lowest BCUT2D eigenvalue weighted by Gasteiger charge is -2.06. The third-order valence-corrected chi connectivity index (χ3v) is 4.83. The summed E-state index contributed by atoms with van der Waals surface area (Å²) in [6.07, 6.45) is 3.39. The molecule has 0 atom stereocenters. The number of pyridine rings is 1. The number of rotatable bonds is 4. The summed E-state index contributed by atoms with van der Waals surface area (Å²) in [5.74, 6) is 0.346. The van der Waals surface area contributed by atoms with Crippen molar-refractivity contribution in [1.82, 2.24) is 9.97 Å². The fourth-order valence-electron chi connectivity index (χ4n) is 3.27. The maximum Gasteiger partial charge on any atom is 0.255 e. The molecule has 30 heavy (non-hydrogen) atoms. The number of aromatic nitrogens is 2. The summed E-state index contributed by atoms with van der Waals surface area (Å²) in [6, 6.07) is 26.7. The van der Waals surface area contributed by atoms with E-state index in [1.165, 1.54) is 0 Å². The van der Waals surface area contributed by atoms with Gasteiger partial charge >= 0.3 is 0 Å². The topological polar surface area (TPSA) is 68.0 Å². The van der Waals surface area contributed by atoms with Crippen molar-refractivity contribution in [3.05, 3.63) is 103 Å². The molecule has 0 aliphatic heterocycles. The van der Waals surface area contributed by atoms with Gasteiger partial charge in [-0.25, -0.2) is 4.98 Å². The van der Waals surface area contributed by atoms with Crippen molar-refractivity contribution in [2.75, 3.05) is 5.32 Å². The van der Waals surface area contributed by atoms with Gasteiger partial charge in [0.2, 0.25) is 5.89 Å². The summed E-state index contributed by atoms with van der Waals surface area (Å²) in [4.78, 5) is 21.2. The summed E-state index contributed by atoms with van der Waals surface area (Å²) >= 11 is 0. The third-order valence-electron chi connectivity index (χ3n) is 4.83. The van der Waals surface area contributed by atoms with E-state index in [4.69, 9.17) is 4.42 Å². The Morgan fingerprint density at radius 1 is 0.767 bits per heavy atom. The minimum atomic E-state index is -0.174. The molecule has 144 valence electrons. The van der Waals surface area contributed by atoms with Crippen LogP contribution < -0.4 is 5.32 Å². The molecule has 5 aromatic rings. The number of benzene rings is 3. The van der Waals surface area contributed by atoms with E-state index < -0.39 is 0 Å². The van der Waals surface area contributed by atoms with Gasteiger partial charge in [0.15, 0.2) is 5.58 Å². The summed E-state index contributed by atoms with van der Waals surface area (Å²) < 4.78 is 5.80. The number of nitrogens with zero attached hydrogens (tertiary/aromatic N) is 2. The van der Waals surface area contributed by atoms with Gasteiger partial charge in [-0.3, -0.25) is 9.78 Å². The Balaban J connectivity index is 1.35. The van der Waals surface area contributed by atoms with E-state index in [-0.39, 0.29) is 5.91 Å². The van der Waals surface area contributed by atoms with Crippen molar-refractivity contribution in [3.8, 4) is 22.6 Å². The molecule has 0 fully saturated rings. The maximum absolute atomic E-state index is 12.7. The zero-order chi connectivity index (χ0) is 20.3. The highest BCUT2D eigenvalue weighted by Crippen LogP contribution is 2.26. The molecule has 0 unspecified atom stereocenters. The second kappa shape index (κ2) is 7.64. The van der Waals surface area contributed by atoms with Crippen LogP contribution in [0.15, 0.2) is 102 Å². The van der Waals surface area contributed by atoms with Gasteiger partial charge in [-0.1, -0.05) is 42.5 Å². The molecule has 5 nitrogen and oxygen atoms in total. The lowest BCUT2D eigenvalue weighted by Crippen LogP contribution is -2.11. The number of anilines is 1. The second-order valence-corrected chi connectivity index (χ2v) is 6.83. The molecule has 2 aromatic heterocycles. The third kappa shape index (κ3) is 3.56. The molecule has 0 spiro atoms. The first-order chi connectivity index (χ1) is 14.8. The number of amides is 1. The highest BCUT2D eigenvalue weighted by atomic mass is 16.3. The van der Waals surface area contributed by atoms with Gasteiger partial charge in [-0.2, -0.15) is 0 Å². The van der Waals surface area contributed by atoms with Gasteiger partial charge in [-0.15, -0.1) is 0 Å². The summed E-state index contributed by atoms with van der Waals surface area (Å²) in [5, 5.41) is 2.93. The molecule has 0 saturated carbocycles. The number of oxazole rings is 1. The van der Waals surface area contributed by atoms with Crippen LogP contribution in [0.3, 0.4) is 0 Å². The highest BCUT2D eigenvalue weighted by molar-refractivity contribution is 6.05. The number of carbonyl (C=O) groups is 1. The van der Waals surface area contributed by atoms with Crippen LogP contribution in [0, 0.1) is 0 Å². The fourth-order valence-corrected chi connectivity index (χ4v) is 3.27. The Labute approximate surface area is 173 Å². The molecule has 5 rings (SSSR count). The smallest absolute Gasteiger partial charge is 0.255 e. The largest absolute Gasteiger partial charge is 0.436 e. The van der Waals surface area contributed by atoms with E-state index in [1.807, 2.05) is 66.7 Å². The molecule has 0 saturated heterocycles. The normalized spacial score (nSPS) is 10.8. The average molecular weight is 391 g/mol. The fraction of sp³-hybridized carbons (Fsp3) is 0. The Bertz CT molecular complexity index is 1310. The van der Waals surface area contributed by atoms with Crippen LogP contribution in [0.2, 0.25) is 0 Å². The first kappa shape index (κ1) is 17.8. The second-order valence-electron chi connectivity index (χ2n) is 6.83. The number of fused-ring (bicyclic) bond motifs is 1. The van der Waals surface area contributed by atoms with Crippen LogP contribution in [0.5, 0.6) is 0 Å². The predicted octanol–water partition coefficient (Wildman–Crippen LogP) is 5.81. The molecule has 0 aliphatic rings. The molecule has 5 heteroatoms. The molecule has 2 heterocycles. The minimum Gasteiger partial charge on any atom is -0.436 e. The molecule has 1 N–H and O–H groups in total. The van der Waals surface area contributed by atoms with Crippen LogP contribution in [0.1, 0.15) is 10.4 Å². The number of carbonyl (C=O) groups excluding carboxylic acids is 1. The number of hydrogen-bond acceptors (Lipinski definition) is 4. The monoisotopic (exact) mass is 391 g/mol. The Hall–Kier alpha value is -4.25. The van der Waals surface area contributed by atoms with E-state index in [1.54, 1.807) is 30.6 Å². The molecule has 3 aromatic carbocycles. The molecule has 1 amide bonds. The Morgan fingerprint density at radius 3 is 2.27 bits per heavy atom. The van der Waals surface area contributed by atoms with Crippen molar-refractivity contribution in [3.63, 3.8) is 0 Å². The number of hydrogen-bond donors (Lipinski definition) is 1. The first-order valence-electron chi connectivity index (χ1n) is 9.54. The average Bonchev–Trinajstić information content (AvgIpc) is 3.24. The SMILES string of the molecule is O=C(Nc1ccc2oc(-c3ccncc3)nc2c1)c1ccc(-c2ccccc2)cc1. The van der Waals surface area contributed by atoms with Crippen LogP contribution in [0.25, 0.3) is 33.7 Å². The summed E-state index contributed by atoms with van der Waals surface area (Å²) in [5.41, 5.74) is 5.63. The van der Waals surface area contributed by atoms with Crippen LogP contribution in [-0.2, 0) is 0 Å². The van der Waals surface area contributed by atoms with E-state index in [9.17, 15) is 4.79 Å². The predicted molar refractivity (Wildman–Crippen MR) is 117 cm³/mol. The van der Waals surface area contributed by atoms with Crippen molar-refractivity contribution in [2.24, 2.45) is 0 Å². The van der Waals surface area contributed by atoms with E-state index in [0.29, 0.717) is 28.2 Å². The van der Waals surface area contributed by atoms with Crippen LogP contribution >= 0.6 is 0 Å². The van der Waals surface area contributed by atoms with Gasteiger partial charge in [-0.05, 0) is 53.6 Å².